The molecule has 0 fully saturated rings. The van der Waals surface area contributed by atoms with Gasteiger partial charge in [-0.25, -0.2) is 0 Å². The summed E-state index contributed by atoms with van der Waals surface area (Å²) in [7, 11) is 1.70. The third-order valence-corrected chi connectivity index (χ3v) is 3.11. The molecule has 0 saturated carbocycles. The van der Waals surface area contributed by atoms with Gasteiger partial charge in [0, 0.05) is 13.7 Å². The highest BCUT2D eigenvalue weighted by atomic mass is 16.5. The zero-order valence-corrected chi connectivity index (χ0v) is 12.0. The average molecular weight is 235 g/mol. The summed E-state index contributed by atoms with van der Waals surface area (Å²) in [6.45, 7) is 12.6. The minimum absolute atomic E-state index is 0.216. The Morgan fingerprint density at radius 1 is 1.12 bits per heavy atom. The normalized spacial score (nSPS) is 11.9. The van der Waals surface area contributed by atoms with Crippen molar-refractivity contribution in [1.82, 2.24) is 5.32 Å². The van der Waals surface area contributed by atoms with Crippen LogP contribution in [0, 0.1) is 13.8 Å². The Bertz CT molecular complexity index is 354. The quantitative estimate of drug-likeness (QED) is 0.638. The van der Waals surface area contributed by atoms with Gasteiger partial charge in [-0.1, -0.05) is 32.9 Å². The first-order valence-electron chi connectivity index (χ1n) is 6.16. The summed E-state index contributed by atoms with van der Waals surface area (Å²) in [5.41, 5.74) is 5.73. The van der Waals surface area contributed by atoms with Crippen LogP contribution in [-0.4, -0.2) is 13.8 Å². The number of rotatable bonds is 4. The summed E-state index contributed by atoms with van der Waals surface area (Å²) in [6, 6.07) is 4.60. The number of hydrogen-bond acceptors (Lipinski definition) is 2. The van der Waals surface area contributed by atoms with E-state index >= 15 is 0 Å². The van der Waals surface area contributed by atoms with E-state index in [4.69, 9.17) is 4.74 Å². The highest BCUT2D eigenvalue weighted by Crippen LogP contribution is 2.26. The fraction of sp³-hybridized carbons (Fsp3) is 0.600. The summed E-state index contributed by atoms with van der Waals surface area (Å²) in [5, 5.41) is 3.27. The van der Waals surface area contributed by atoms with Gasteiger partial charge in [0.05, 0.1) is 6.73 Å². The van der Waals surface area contributed by atoms with Gasteiger partial charge in [0.25, 0.3) is 0 Å². The number of hydrogen-bond donors (Lipinski definition) is 1. The van der Waals surface area contributed by atoms with E-state index in [0.29, 0.717) is 6.73 Å². The van der Waals surface area contributed by atoms with Crippen molar-refractivity contribution < 1.29 is 4.74 Å². The van der Waals surface area contributed by atoms with E-state index in [1.54, 1.807) is 7.11 Å². The van der Waals surface area contributed by atoms with Crippen molar-refractivity contribution in [2.24, 2.45) is 0 Å². The molecule has 0 bridgehead atoms. The lowest BCUT2D eigenvalue weighted by atomic mass is 9.84. The van der Waals surface area contributed by atoms with Crippen LogP contribution in [0.5, 0.6) is 0 Å². The van der Waals surface area contributed by atoms with Gasteiger partial charge in [0.2, 0.25) is 0 Å². The molecule has 0 aromatic heterocycles. The summed E-state index contributed by atoms with van der Waals surface area (Å²) in [6.07, 6.45) is 0. The molecule has 0 aliphatic carbocycles. The highest BCUT2D eigenvalue weighted by molar-refractivity contribution is 5.40. The number of ether oxygens (including phenoxy) is 1. The van der Waals surface area contributed by atoms with E-state index in [1.165, 1.54) is 22.3 Å². The van der Waals surface area contributed by atoms with Crippen LogP contribution >= 0.6 is 0 Å². The molecule has 1 aromatic carbocycles. The number of nitrogens with one attached hydrogen (secondary N) is 1. The lowest BCUT2D eigenvalue weighted by Crippen LogP contribution is -2.18. The molecule has 0 radical (unpaired) electrons. The number of benzene rings is 1. The Hall–Kier alpha value is -0.860. The average Bonchev–Trinajstić information content (AvgIpc) is 2.20. The van der Waals surface area contributed by atoms with Crippen molar-refractivity contribution in [2.45, 2.75) is 46.6 Å². The Labute approximate surface area is 105 Å². The molecule has 1 N–H and O–H groups in total. The molecule has 0 spiro atoms. The minimum atomic E-state index is 0.216. The van der Waals surface area contributed by atoms with Gasteiger partial charge in [-0.05, 0) is 41.5 Å². The lowest BCUT2D eigenvalue weighted by Gasteiger charge is -2.22. The second kappa shape index (κ2) is 5.65. The first kappa shape index (κ1) is 14.2. The first-order chi connectivity index (χ1) is 7.86. The number of methoxy groups -OCH3 is 1. The molecule has 0 heterocycles. The summed E-state index contributed by atoms with van der Waals surface area (Å²) in [5.74, 6) is 0. The van der Waals surface area contributed by atoms with E-state index in [-0.39, 0.29) is 5.41 Å². The van der Waals surface area contributed by atoms with Gasteiger partial charge in [-0.2, -0.15) is 0 Å². The molecule has 0 atom stereocenters. The molecule has 2 nitrogen and oxygen atoms in total. The maximum absolute atomic E-state index is 5.01. The fourth-order valence-corrected chi connectivity index (χ4v) is 1.98. The lowest BCUT2D eigenvalue weighted by molar-refractivity contribution is 0.174. The smallest absolute Gasteiger partial charge is 0.0964 e. The van der Waals surface area contributed by atoms with Crippen LogP contribution in [0.1, 0.15) is 43.0 Å². The van der Waals surface area contributed by atoms with Crippen molar-refractivity contribution >= 4 is 0 Å². The van der Waals surface area contributed by atoms with Crippen LogP contribution < -0.4 is 5.32 Å². The highest BCUT2D eigenvalue weighted by Gasteiger charge is 2.15. The van der Waals surface area contributed by atoms with Crippen molar-refractivity contribution in [3.05, 3.63) is 34.4 Å². The van der Waals surface area contributed by atoms with Gasteiger partial charge < -0.3 is 4.74 Å². The fourth-order valence-electron chi connectivity index (χ4n) is 1.98. The zero-order chi connectivity index (χ0) is 13.1. The molecule has 96 valence electrons. The molecule has 0 aliphatic heterocycles. The van der Waals surface area contributed by atoms with Crippen LogP contribution in [0.15, 0.2) is 12.1 Å². The Kier molecular flexibility index (Phi) is 4.72. The molecule has 0 amide bonds. The molecule has 1 rings (SSSR count). The van der Waals surface area contributed by atoms with E-state index < -0.39 is 0 Å². The zero-order valence-electron chi connectivity index (χ0n) is 12.0. The monoisotopic (exact) mass is 235 g/mol. The molecule has 0 aliphatic rings. The summed E-state index contributed by atoms with van der Waals surface area (Å²) < 4.78 is 5.01. The van der Waals surface area contributed by atoms with Gasteiger partial charge in [0.15, 0.2) is 0 Å². The maximum atomic E-state index is 5.01. The SMILES string of the molecule is COCNCc1c(C)cc(C(C)(C)C)cc1C. The molecule has 2 heteroatoms. The summed E-state index contributed by atoms with van der Waals surface area (Å²) >= 11 is 0. The molecule has 0 saturated heterocycles. The Balaban J connectivity index is 2.95. The molecular formula is C15H25NO. The van der Waals surface area contributed by atoms with E-state index in [1.807, 2.05) is 0 Å². The second-order valence-corrected chi connectivity index (χ2v) is 5.70. The number of aryl methyl sites for hydroxylation is 2. The summed E-state index contributed by atoms with van der Waals surface area (Å²) in [4.78, 5) is 0. The topological polar surface area (TPSA) is 21.3 Å². The Morgan fingerprint density at radius 3 is 2.06 bits per heavy atom. The van der Waals surface area contributed by atoms with Crippen LogP contribution in [-0.2, 0) is 16.7 Å². The molecule has 0 unspecified atom stereocenters. The molecule has 1 aromatic rings. The van der Waals surface area contributed by atoms with Crippen molar-refractivity contribution in [1.29, 1.82) is 0 Å². The minimum Gasteiger partial charge on any atom is -0.370 e. The first-order valence-corrected chi connectivity index (χ1v) is 6.16. The maximum Gasteiger partial charge on any atom is 0.0964 e. The largest absolute Gasteiger partial charge is 0.370 e. The van der Waals surface area contributed by atoms with E-state index in [2.05, 4.69) is 52.1 Å². The van der Waals surface area contributed by atoms with Crippen molar-refractivity contribution in [2.75, 3.05) is 13.8 Å². The molecular weight excluding hydrogens is 210 g/mol. The predicted octanol–water partition coefficient (Wildman–Crippen LogP) is 3.29. The molecule has 17 heavy (non-hydrogen) atoms. The van der Waals surface area contributed by atoms with Crippen LogP contribution in [0.4, 0.5) is 0 Å². The van der Waals surface area contributed by atoms with E-state index in [9.17, 15) is 0 Å². The van der Waals surface area contributed by atoms with Crippen LogP contribution in [0.3, 0.4) is 0 Å². The van der Waals surface area contributed by atoms with Crippen LogP contribution in [0.2, 0.25) is 0 Å². The van der Waals surface area contributed by atoms with Crippen LogP contribution in [0.25, 0.3) is 0 Å². The second-order valence-electron chi connectivity index (χ2n) is 5.70. The Morgan fingerprint density at radius 2 is 1.65 bits per heavy atom. The van der Waals surface area contributed by atoms with E-state index in [0.717, 1.165) is 6.54 Å². The van der Waals surface area contributed by atoms with Crippen molar-refractivity contribution in [3.8, 4) is 0 Å². The van der Waals surface area contributed by atoms with Crippen molar-refractivity contribution in [3.63, 3.8) is 0 Å². The predicted molar refractivity (Wildman–Crippen MR) is 73.3 cm³/mol. The van der Waals surface area contributed by atoms with Gasteiger partial charge >= 0.3 is 0 Å². The van der Waals surface area contributed by atoms with Gasteiger partial charge in [0.1, 0.15) is 0 Å². The van der Waals surface area contributed by atoms with Gasteiger partial charge in [-0.3, -0.25) is 5.32 Å². The van der Waals surface area contributed by atoms with Gasteiger partial charge in [-0.15, -0.1) is 0 Å². The third-order valence-electron chi connectivity index (χ3n) is 3.11. The third kappa shape index (κ3) is 3.83. The standard InChI is InChI=1S/C15H25NO/c1-11-7-13(15(3,4)5)8-12(2)14(11)9-16-10-17-6/h7-8,16H,9-10H2,1-6H3.